The largest absolute Gasteiger partial charge is 0.468 e. The molecule has 2 unspecified atom stereocenters. The van der Waals surface area contributed by atoms with Crippen LogP contribution in [-0.2, 0) is 5.75 Å². The zero-order valence-electron chi connectivity index (χ0n) is 11.7. The fraction of sp³-hybridized carbons (Fsp3) is 0.733. The fourth-order valence-electron chi connectivity index (χ4n) is 2.98. The molecule has 0 saturated heterocycles. The Morgan fingerprint density at radius 3 is 3.00 bits per heavy atom. The van der Waals surface area contributed by atoms with Crippen LogP contribution >= 0.6 is 11.8 Å². The lowest BCUT2D eigenvalue weighted by Crippen LogP contribution is -2.51. The normalized spacial score (nSPS) is 27.3. The van der Waals surface area contributed by atoms with Crippen LogP contribution in [0.5, 0.6) is 0 Å². The van der Waals surface area contributed by atoms with Crippen molar-refractivity contribution in [3.63, 3.8) is 0 Å². The van der Waals surface area contributed by atoms with Crippen LogP contribution in [0.1, 0.15) is 45.8 Å². The molecular formula is C15H25NOS. The summed E-state index contributed by atoms with van der Waals surface area (Å²) in [5.41, 5.74) is 0.412. The monoisotopic (exact) mass is 267 g/mol. The summed E-state index contributed by atoms with van der Waals surface area (Å²) in [6.45, 7) is 8.07. The summed E-state index contributed by atoms with van der Waals surface area (Å²) in [5.74, 6) is 2.09. The van der Waals surface area contributed by atoms with Crippen molar-refractivity contribution < 1.29 is 4.42 Å². The molecule has 2 nitrogen and oxygen atoms in total. The van der Waals surface area contributed by atoms with E-state index in [0.29, 0.717) is 16.7 Å². The first kappa shape index (κ1) is 14.0. The molecule has 1 heterocycles. The third-order valence-electron chi connectivity index (χ3n) is 3.97. The van der Waals surface area contributed by atoms with Crippen LogP contribution in [0.2, 0.25) is 0 Å². The van der Waals surface area contributed by atoms with Gasteiger partial charge < -0.3 is 9.73 Å². The van der Waals surface area contributed by atoms with Crippen molar-refractivity contribution in [1.82, 2.24) is 5.32 Å². The smallest absolute Gasteiger partial charge is 0.113 e. The van der Waals surface area contributed by atoms with Crippen LogP contribution < -0.4 is 5.32 Å². The van der Waals surface area contributed by atoms with Crippen molar-refractivity contribution in [3.05, 3.63) is 24.2 Å². The van der Waals surface area contributed by atoms with E-state index in [4.69, 9.17) is 4.42 Å². The van der Waals surface area contributed by atoms with E-state index in [1.165, 1.54) is 19.3 Å². The minimum Gasteiger partial charge on any atom is -0.468 e. The fourth-order valence-corrected chi connectivity index (χ4v) is 4.51. The Hall–Kier alpha value is -0.410. The highest BCUT2D eigenvalue weighted by molar-refractivity contribution is 7.99. The third-order valence-corrected chi connectivity index (χ3v) is 5.35. The molecular weight excluding hydrogens is 242 g/mol. The number of hydrogen-bond donors (Lipinski definition) is 1. The summed E-state index contributed by atoms with van der Waals surface area (Å²) in [6.07, 6.45) is 5.78. The number of furan rings is 1. The summed E-state index contributed by atoms with van der Waals surface area (Å²) < 4.78 is 5.43. The first-order valence-electron chi connectivity index (χ1n) is 7.01. The first-order chi connectivity index (χ1) is 8.63. The average Bonchev–Trinajstić information content (AvgIpc) is 2.83. The van der Waals surface area contributed by atoms with E-state index < -0.39 is 0 Å². The summed E-state index contributed by atoms with van der Waals surface area (Å²) in [7, 11) is 0. The van der Waals surface area contributed by atoms with Gasteiger partial charge in [0.25, 0.3) is 0 Å². The van der Waals surface area contributed by atoms with Gasteiger partial charge in [-0.1, -0.05) is 27.2 Å². The van der Waals surface area contributed by atoms with E-state index in [-0.39, 0.29) is 0 Å². The van der Waals surface area contributed by atoms with Gasteiger partial charge in [-0.05, 0) is 36.9 Å². The van der Waals surface area contributed by atoms with Crippen LogP contribution in [0.4, 0.5) is 0 Å². The minimum atomic E-state index is 0.412. The quantitative estimate of drug-likeness (QED) is 0.870. The minimum absolute atomic E-state index is 0.412. The van der Waals surface area contributed by atoms with Gasteiger partial charge in [-0.15, -0.1) is 11.8 Å². The van der Waals surface area contributed by atoms with Gasteiger partial charge in [0.2, 0.25) is 0 Å². The molecule has 3 heteroatoms. The molecule has 1 aliphatic rings. The van der Waals surface area contributed by atoms with Gasteiger partial charge in [-0.25, -0.2) is 0 Å². The molecule has 0 aromatic carbocycles. The highest BCUT2D eigenvalue weighted by Gasteiger charge is 2.38. The van der Waals surface area contributed by atoms with Gasteiger partial charge in [-0.2, -0.15) is 0 Å². The van der Waals surface area contributed by atoms with Gasteiger partial charge in [0.05, 0.1) is 12.0 Å². The summed E-state index contributed by atoms with van der Waals surface area (Å²) >= 11 is 2.05. The summed E-state index contributed by atoms with van der Waals surface area (Å²) in [6, 6.07) is 4.67. The Kier molecular flexibility index (Phi) is 4.79. The second kappa shape index (κ2) is 6.16. The Morgan fingerprint density at radius 1 is 1.50 bits per heavy atom. The van der Waals surface area contributed by atoms with Crippen molar-refractivity contribution in [2.75, 3.05) is 6.54 Å². The van der Waals surface area contributed by atoms with Crippen molar-refractivity contribution in [1.29, 1.82) is 0 Å². The topological polar surface area (TPSA) is 25.2 Å². The van der Waals surface area contributed by atoms with Gasteiger partial charge in [0.15, 0.2) is 0 Å². The summed E-state index contributed by atoms with van der Waals surface area (Å²) in [4.78, 5) is 0. The molecule has 1 aromatic rings. The number of hydrogen-bond acceptors (Lipinski definition) is 3. The first-order valence-corrected chi connectivity index (χ1v) is 8.05. The van der Waals surface area contributed by atoms with Gasteiger partial charge in [0.1, 0.15) is 5.76 Å². The molecule has 1 aliphatic carbocycles. The Balaban J connectivity index is 1.96. The highest BCUT2D eigenvalue weighted by atomic mass is 32.2. The lowest BCUT2D eigenvalue weighted by atomic mass is 9.73. The highest BCUT2D eigenvalue weighted by Crippen LogP contribution is 2.41. The predicted molar refractivity (Wildman–Crippen MR) is 78.9 cm³/mol. The molecule has 0 amide bonds. The Labute approximate surface area is 115 Å². The molecule has 1 aromatic heterocycles. The summed E-state index contributed by atoms with van der Waals surface area (Å²) in [5, 5.41) is 4.41. The maximum Gasteiger partial charge on any atom is 0.113 e. The van der Waals surface area contributed by atoms with Crippen molar-refractivity contribution in [2.45, 2.75) is 57.1 Å². The van der Waals surface area contributed by atoms with Crippen molar-refractivity contribution >= 4 is 11.8 Å². The zero-order chi connectivity index (χ0) is 13.0. The molecule has 2 rings (SSSR count). The number of rotatable bonds is 5. The standard InChI is InChI=1S/C15H25NOS/c1-4-16-14-13(8-5-9-15(14,2)3)18-11-12-7-6-10-17-12/h6-7,10,13-14,16H,4-5,8-9,11H2,1-3H3. The van der Waals surface area contributed by atoms with E-state index in [1.54, 1.807) is 6.26 Å². The molecule has 0 bridgehead atoms. The molecule has 0 aliphatic heterocycles. The number of thioether (sulfide) groups is 1. The Morgan fingerprint density at radius 2 is 2.33 bits per heavy atom. The van der Waals surface area contributed by atoms with Crippen molar-refractivity contribution in [3.8, 4) is 0 Å². The van der Waals surface area contributed by atoms with Crippen LogP contribution in [0.3, 0.4) is 0 Å². The van der Waals surface area contributed by atoms with E-state index in [1.807, 2.05) is 17.8 Å². The van der Waals surface area contributed by atoms with Crippen LogP contribution in [0.25, 0.3) is 0 Å². The lowest BCUT2D eigenvalue weighted by Gasteiger charge is -2.44. The van der Waals surface area contributed by atoms with Crippen LogP contribution in [-0.4, -0.2) is 17.8 Å². The maximum atomic E-state index is 5.43. The van der Waals surface area contributed by atoms with E-state index >= 15 is 0 Å². The molecule has 1 saturated carbocycles. The maximum absolute atomic E-state index is 5.43. The lowest BCUT2D eigenvalue weighted by molar-refractivity contribution is 0.176. The molecule has 18 heavy (non-hydrogen) atoms. The second-order valence-corrected chi connectivity index (χ2v) is 7.07. The van der Waals surface area contributed by atoms with E-state index in [2.05, 4.69) is 32.2 Å². The Bertz CT molecular complexity index is 347. The van der Waals surface area contributed by atoms with Gasteiger partial charge >= 0.3 is 0 Å². The predicted octanol–water partition coefficient (Wildman–Crippen LogP) is 4.07. The van der Waals surface area contributed by atoms with Gasteiger partial charge in [-0.3, -0.25) is 0 Å². The SMILES string of the molecule is CCNC1C(SCc2ccco2)CCCC1(C)C. The number of nitrogens with one attached hydrogen (secondary N) is 1. The van der Waals surface area contributed by atoms with E-state index in [0.717, 1.165) is 18.1 Å². The average molecular weight is 267 g/mol. The molecule has 102 valence electrons. The molecule has 0 spiro atoms. The van der Waals surface area contributed by atoms with Crippen LogP contribution in [0.15, 0.2) is 22.8 Å². The molecule has 1 N–H and O–H groups in total. The van der Waals surface area contributed by atoms with Crippen molar-refractivity contribution in [2.24, 2.45) is 5.41 Å². The third kappa shape index (κ3) is 3.33. The molecule has 2 atom stereocenters. The zero-order valence-corrected chi connectivity index (χ0v) is 12.6. The molecule has 0 radical (unpaired) electrons. The van der Waals surface area contributed by atoms with Crippen LogP contribution in [0, 0.1) is 5.41 Å². The van der Waals surface area contributed by atoms with E-state index in [9.17, 15) is 0 Å². The second-order valence-electron chi connectivity index (χ2n) is 5.84. The van der Waals surface area contributed by atoms with Gasteiger partial charge in [0, 0.05) is 11.3 Å². The molecule has 1 fully saturated rings.